The van der Waals surface area contributed by atoms with Crippen LogP contribution >= 0.6 is 23.8 Å². The number of rotatable bonds is 3. The van der Waals surface area contributed by atoms with Crippen molar-refractivity contribution in [2.75, 3.05) is 23.4 Å². The second-order valence-corrected chi connectivity index (χ2v) is 7.92. The summed E-state index contributed by atoms with van der Waals surface area (Å²) in [5.41, 5.74) is 0.575. The van der Waals surface area contributed by atoms with Gasteiger partial charge in [0.15, 0.2) is 14.9 Å². The van der Waals surface area contributed by atoms with Crippen LogP contribution in [0, 0.1) is 5.82 Å². The van der Waals surface area contributed by atoms with Crippen LogP contribution in [0.1, 0.15) is 13.3 Å². The van der Waals surface area contributed by atoms with Crippen molar-refractivity contribution in [3.8, 4) is 0 Å². The van der Waals surface area contributed by atoms with Gasteiger partial charge >= 0.3 is 0 Å². The summed E-state index contributed by atoms with van der Waals surface area (Å²) in [6.45, 7) is 2.51. The van der Waals surface area contributed by atoms with E-state index in [1.165, 1.54) is 18.2 Å². The Morgan fingerprint density at radius 2 is 2.29 bits per heavy atom. The van der Waals surface area contributed by atoms with Gasteiger partial charge in [-0.3, -0.25) is 0 Å². The Kier molecular flexibility index (Phi) is 5.06. The van der Waals surface area contributed by atoms with Crippen LogP contribution in [0.2, 0.25) is 5.02 Å². The number of sulfone groups is 1. The minimum Gasteiger partial charge on any atom is -0.345 e. The molecule has 0 aliphatic carbocycles. The molecule has 1 aromatic carbocycles. The highest BCUT2D eigenvalue weighted by Gasteiger charge is 2.32. The zero-order chi connectivity index (χ0) is 15.6. The third-order valence-corrected chi connectivity index (χ3v) is 5.80. The maximum absolute atomic E-state index is 13.1. The van der Waals surface area contributed by atoms with Gasteiger partial charge < -0.3 is 10.2 Å². The summed E-state index contributed by atoms with van der Waals surface area (Å²) >= 11 is 11.1. The molecule has 1 aliphatic heterocycles. The Morgan fingerprint density at radius 1 is 1.57 bits per heavy atom. The smallest absolute Gasteiger partial charge is 0.173 e. The molecule has 116 valence electrons. The molecule has 1 fully saturated rings. The van der Waals surface area contributed by atoms with Crippen LogP contribution in [0.4, 0.5) is 10.1 Å². The van der Waals surface area contributed by atoms with Gasteiger partial charge in [-0.15, -0.1) is 0 Å². The monoisotopic (exact) mass is 350 g/mol. The van der Waals surface area contributed by atoms with Crippen molar-refractivity contribution in [1.29, 1.82) is 0 Å². The molecule has 1 aliphatic rings. The van der Waals surface area contributed by atoms with Crippen LogP contribution in [-0.2, 0) is 9.84 Å². The van der Waals surface area contributed by atoms with E-state index >= 15 is 0 Å². The number of halogens is 2. The summed E-state index contributed by atoms with van der Waals surface area (Å²) in [5.74, 6) is -0.186. The number of nitrogens with one attached hydrogen (secondary N) is 1. The maximum atomic E-state index is 13.1. The quantitative estimate of drug-likeness (QED) is 0.849. The summed E-state index contributed by atoms with van der Waals surface area (Å²) in [7, 11) is -2.97. The average molecular weight is 351 g/mol. The molecular formula is C13H16ClFN2O2S2. The molecule has 1 heterocycles. The molecule has 0 saturated carbocycles. The van der Waals surface area contributed by atoms with Gasteiger partial charge in [0.05, 0.1) is 16.5 Å². The lowest BCUT2D eigenvalue weighted by Gasteiger charge is -2.29. The molecule has 21 heavy (non-hydrogen) atoms. The molecule has 1 saturated heterocycles. The fraction of sp³-hybridized carbons (Fsp3) is 0.462. The van der Waals surface area contributed by atoms with Crippen molar-refractivity contribution in [3.63, 3.8) is 0 Å². The number of thiocarbonyl (C=S) groups is 1. The van der Waals surface area contributed by atoms with Gasteiger partial charge in [0, 0.05) is 18.3 Å². The van der Waals surface area contributed by atoms with E-state index in [1.807, 2.05) is 11.8 Å². The highest BCUT2D eigenvalue weighted by atomic mass is 35.5. The summed E-state index contributed by atoms with van der Waals surface area (Å²) in [4.78, 5) is 1.84. The normalized spacial score (nSPS) is 20.2. The molecule has 1 unspecified atom stereocenters. The van der Waals surface area contributed by atoms with Crippen molar-refractivity contribution < 1.29 is 12.8 Å². The summed E-state index contributed by atoms with van der Waals surface area (Å²) in [5, 5.41) is 3.40. The third kappa shape index (κ3) is 4.05. The van der Waals surface area contributed by atoms with E-state index in [-0.39, 0.29) is 22.6 Å². The zero-order valence-corrected chi connectivity index (χ0v) is 13.9. The Bertz CT molecular complexity index is 652. The zero-order valence-electron chi connectivity index (χ0n) is 11.5. The molecule has 1 aromatic rings. The predicted octanol–water partition coefficient (Wildman–Crippen LogP) is 2.68. The van der Waals surface area contributed by atoms with Crippen LogP contribution in [0.5, 0.6) is 0 Å². The van der Waals surface area contributed by atoms with Gasteiger partial charge in [0.1, 0.15) is 5.82 Å². The minimum atomic E-state index is -2.97. The summed E-state index contributed by atoms with van der Waals surface area (Å²) in [6.07, 6.45) is 0.572. The average Bonchev–Trinajstić information content (AvgIpc) is 2.75. The van der Waals surface area contributed by atoms with Crippen LogP contribution in [0.25, 0.3) is 0 Å². The van der Waals surface area contributed by atoms with Gasteiger partial charge in [-0.25, -0.2) is 12.8 Å². The molecule has 1 atom stereocenters. The summed E-state index contributed by atoms with van der Waals surface area (Å²) < 4.78 is 36.3. The van der Waals surface area contributed by atoms with E-state index in [0.29, 0.717) is 23.8 Å². The predicted molar refractivity (Wildman–Crippen MR) is 87.1 cm³/mol. The van der Waals surface area contributed by atoms with E-state index < -0.39 is 15.7 Å². The first-order valence-electron chi connectivity index (χ1n) is 6.55. The molecule has 4 nitrogen and oxygen atoms in total. The van der Waals surface area contributed by atoms with Crippen molar-refractivity contribution in [3.05, 3.63) is 29.0 Å². The van der Waals surface area contributed by atoms with Crippen molar-refractivity contribution in [2.24, 2.45) is 0 Å². The van der Waals surface area contributed by atoms with E-state index in [0.717, 1.165) is 0 Å². The molecular weight excluding hydrogens is 335 g/mol. The number of benzene rings is 1. The Labute approximate surface area is 134 Å². The number of hydrogen-bond acceptors (Lipinski definition) is 3. The van der Waals surface area contributed by atoms with Gasteiger partial charge in [0.25, 0.3) is 0 Å². The van der Waals surface area contributed by atoms with Crippen molar-refractivity contribution in [1.82, 2.24) is 4.90 Å². The Morgan fingerprint density at radius 3 is 2.81 bits per heavy atom. The third-order valence-electron chi connectivity index (χ3n) is 3.42. The Hall–Kier alpha value is -0.920. The lowest BCUT2D eigenvalue weighted by molar-refractivity contribution is 0.355. The lowest BCUT2D eigenvalue weighted by atomic mass is 10.2. The molecule has 0 radical (unpaired) electrons. The van der Waals surface area contributed by atoms with Gasteiger partial charge in [-0.05, 0) is 43.8 Å². The van der Waals surface area contributed by atoms with E-state index in [9.17, 15) is 12.8 Å². The van der Waals surface area contributed by atoms with Crippen molar-refractivity contribution in [2.45, 2.75) is 19.4 Å². The summed E-state index contributed by atoms with van der Waals surface area (Å²) in [6, 6.07) is 4.12. The molecule has 0 spiro atoms. The first kappa shape index (κ1) is 16.5. The Balaban J connectivity index is 2.08. The highest BCUT2D eigenvalue weighted by Crippen LogP contribution is 2.22. The van der Waals surface area contributed by atoms with E-state index in [1.54, 1.807) is 0 Å². The molecule has 8 heteroatoms. The van der Waals surface area contributed by atoms with Crippen molar-refractivity contribution >= 4 is 44.5 Å². The van der Waals surface area contributed by atoms with Crippen LogP contribution < -0.4 is 5.32 Å². The SMILES string of the molecule is CCN(C(=S)Nc1ccc(F)c(Cl)c1)C1CCS(=O)(=O)C1. The largest absolute Gasteiger partial charge is 0.345 e. The first-order valence-corrected chi connectivity index (χ1v) is 9.16. The lowest BCUT2D eigenvalue weighted by Crippen LogP contribution is -2.43. The standard InChI is InChI=1S/C13H16ClFN2O2S2/c1-2-17(10-5-6-21(18,19)8-10)13(20)16-9-3-4-12(15)11(14)7-9/h3-4,7,10H,2,5-6,8H2,1H3,(H,16,20). The van der Waals surface area contributed by atoms with E-state index in [2.05, 4.69) is 5.32 Å². The fourth-order valence-corrected chi connectivity index (χ4v) is 4.67. The van der Waals surface area contributed by atoms with E-state index in [4.69, 9.17) is 23.8 Å². The van der Waals surface area contributed by atoms with Gasteiger partial charge in [-0.2, -0.15) is 0 Å². The number of nitrogens with zero attached hydrogens (tertiary/aromatic N) is 1. The van der Waals surface area contributed by atoms with Crippen LogP contribution in [0.3, 0.4) is 0 Å². The molecule has 2 rings (SSSR count). The maximum Gasteiger partial charge on any atom is 0.173 e. The van der Waals surface area contributed by atoms with Crippen LogP contribution in [0.15, 0.2) is 18.2 Å². The number of anilines is 1. The molecule has 0 bridgehead atoms. The first-order chi connectivity index (χ1) is 9.82. The minimum absolute atomic E-state index is 0.00860. The molecule has 0 aromatic heterocycles. The second kappa shape index (κ2) is 6.46. The molecule has 1 N–H and O–H groups in total. The molecule has 0 amide bonds. The number of hydrogen-bond donors (Lipinski definition) is 1. The highest BCUT2D eigenvalue weighted by molar-refractivity contribution is 7.91. The van der Waals surface area contributed by atoms with Crippen LogP contribution in [-0.4, -0.2) is 42.5 Å². The topological polar surface area (TPSA) is 49.4 Å². The fourth-order valence-electron chi connectivity index (χ4n) is 2.36. The van der Waals surface area contributed by atoms with Gasteiger partial charge in [0.2, 0.25) is 0 Å². The second-order valence-electron chi connectivity index (χ2n) is 4.90. The van der Waals surface area contributed by atoms with Gasteiger partial charge in [-0.1, -0.05) is 11.6 Å².